The molecule has 1 N–H and O–H groups in total. The third kappa shape index (κ3) is 3.81. The maximum atomic E-state index is 4.83. The minimum absolute atomic E-state index is 0.145. The van der Waals surface area contributed by atoms with Gasteiger partial charge in [-0.15, -0.1) is 0 Å². The highest BCUT2D eigenvalue weighted by Gasteiger charge is 2.15. The molecule has 25 heavy (non-hydrogen) atoms. The maximum Gasteiger partial charge on any atom is 0.162 e. The van der Waals surface area contributed by atoms with Crippen LogP contribution in [0.15, 0.2) is 48.5 Å². The molecule has 0 saturated heterocycles. The van der Waals surface area contributed by atoms with E-state index in [2.05, 4.69) is 70.3 Å². The number of anilines is 1. The summed E-state index contributed by atoms with van der Waals surface area (Å²) in [4.78, 5) is 9.61. The van der Waals surface area contributed by atoms with Crippen molar-refractivity contribution < 1.29 is 0 Å². The van der Waals surface area contributed by atoms with Gasteiger partial charge in [-0.25, -0.2) is 9.97 Å². The number of aromatic nitrogens is 2. The first-order chi connectivity index (χ1) is 11.9. The maximum absolute atomic E-state index is 4.83. The van der Waals surface area contributed by atoms with E-state index in [1.807, 2.05) is 18.2 Å². The van der Waals surface area contributed by atoms with Gasteiger partial charge in [0, 0.05) is 17.0 Å². The first-order valence-electron chi connectivity index (χ1n) is 9.02. The summed E-state index contributed by atoms with van der Waals surface area (Å²) in [7, 11) is 0. The van der Waals surface area contributed by atoms with Gasteiger partial charge < -0.3 is 5.32 Å². The van der Waals surface area contributed by atoms with E-state index in [1.54, 1.807) is 0 Å². The average molecular weight is 333 g/mol. The minimum atomic E-state index is 0.145. The largest absolute Gasteiger partial charge is 0.367 e. The zero-order chi connectivity index (χ0) is 18.0. The highest BCUT2D eigenvalue weighted by Crippen LogP contribution is 2.28. The fraction of sp³-hybridized carbons (Fsp3) is 0.364. The standard InChI is InChI=1S/C22H27N3/c1-6-15(2)23-21-18-9-7-8-10-19(18)24-20(25-21)16-11-13-17(14-12-16)22(3,4)5/h7-15H,6H2,1-5H3,(H,23,24,25)/t15-/m1/s1. The van der Waals surface area contributed by atoms with Crippen LogP contribution < -0.4 is 5.32 Å². The first-order valence-corrected chi connectivity index (χ1v) is 9.02. The lowest BCUT2D eigenvalue weighted by Crippen LogP contribution is -2.15. The number of fused-ring (bicyclic) bond motifs is 1. The number of hydrogen-bond acceptors (Lipinski definition) is 3. The summed E-state index contributed by atoms with van der Waals surface area (Å²) in [6.07, 6.45) is 1.05. The van der Waals surface area contributed by atoms with E-state index in [0.717, 1.165) is 34.5 Å². The lowest BCUT2D eigenvalue weighted by atomic mass is 9.87. The average Bonchev–Trinajstić information content (AvgIpc) is 2.61. The van der Waals surface area contributed by atoms with Crippen LogP contribution in [0.25, 0.3) is 22.3 Å². The molecule has 0 bridgehead atoms. The molecule has 3 heteroatoms. The molecule has 0 saturated carbocycles. The molecule has 0 spiro atoms. The molecule has 0 aliphatic rings. The summed E-state index contributed by atoms with van der Waals surface area (Å²) >= 11 is 0. The van der Waals surface area contributed by atoms with Crippen LogP contribution in [0.1, 0.15) is 46.6 Å². The fourth-order valence-corrected chi connectivity index (χ4v) is 2.77. The molecule has 0 amide bonds. The summed E-state index contributed by atoms with van der Waals surface area (Å²) < 4.78 is 0. The second kappa shape index (κ2) is 6.83. The normalized spacial score (nSPS) is 13.0. The molecule has 0 unspecified atom stereocenters. The van der Waals surface area contributed by atoms with Gasteiger partial charge >= 0.3 is 0 Å². The van der Waals surface area contributed by atoms with Gasteiger partial charge in [-0.05, 0) is 36.5 Å². The Hall–Kier alpha value is -2.42. The predicted octanol–water partition coefficient (Wildman–Crippen LogP) is 5.80. The Kier molecular flexibility index (Phi) is 4.76. The van der Waals surface area contributed by atoms with E-state index in [-0.39, 0.29) is 5.41 Å². The van der Waals surface area contributed by atoms with E-state index in [1.165, 1.54) is 5.56 Å². The summed E-state index contributed by atoms with van der Waals surface area (Å²) in [6, 6.07) is 17.1. The number of para-hydroxylation sites is 1. The Bertz CT molecular complexity index is 861. The molecule has 2 aromatic carbocycles. The second-order valence-corrected chi connectivity index (χ2v) is 7.69. The van der Waals surface area contributed by atoms with E-state index >= 15 is 0 Å². The quantitative estimate of drug-likeness (QED) is 0.655. The van der Waals surface area contributed by atoms with Crippen LogP contribution in [-0.4, -0.2) is 16.0 Å². The molecule has 3 rings (SSSR count). The molecule has 0 fully saturated rings. The summed E-state index contributed by atoms with van der Waals surface area (Å²) in [6.45, 7) is 11.0. The number of rotatable bonds is 4. The Labute approximate surface area is 150 Å². The molecular formula is C22H27N3. The molecule has 3 aromatic rings. The highest BCUT2D eigenvalue weighted by molar-refractivity contribution is 5.90. The fourth-order valence-electron chi connectivity index (χ4n) is 2.77. The van der Waals surface area contributed by atoms with Crippen molar-refractivity contribution in [3.8, 4) is 11.4 Å². The van der Waals surface area contributed by atoms with Crippen LogP contribution in [0.2, 0.25) is 0 Å². The zero-order valence-electron chi connectivity index (χ0n) is 15.8. The van der Waals surface area contributed by atoms with Gasteiger partial charge in [0.2, 0.25) is 0 Å². The summed E-state index contributed by atoms with van der Waals surface area (Å²) in [5.74, 6) is 1.68. The van der Waals surface area contributed by atoms with Gasteiger partial charge in [0.05, 0.1) is 5.52 Å². The van der Waals surface area contributed by atoms with Crippen LogP contribution in [0.5, 0.6) is 0 Å². The second-order valence-electron chi connectivity index (χ2n) is 7.69. The van der Waals surface area contributed by atoms with Crippen molar-refractivity contribution in [2.45, 2.75) is 52.5 Å². The van der Waals surface area contributed by atoms with Gasteiger partial charge in [0.1, 0.15) is 5.82 Å². The van der Waals surface area contributed by atoms with E-state index in [0.29, 0.717) is 6.04 Å². The molecule has 0 aliphatic heterocycles. The zero-order valence-corrected chi connectivity index (χ0v) is 15.8. The number of hydrogen-bond donors (Lipinski definition) is 1. The Morgan fingerprint density at radius 3 is 2.28 bits per heavy atom. The SMILES string of the molecule is CC[C@@H](C)Nc1nc(-c2ccc(C(C)(C)C)cc2)nc2ccccc12. The topological polar surface area (TPSA) is 37.8 Å². The summed E-state index contributed by atoms with van der Waals surface area (Å²) in [5.41, 5.74) is 3.48. The molecular weight excluding hydrogens is 306 g/mol. The van der Waals surface area contributed by atoms with Crippen molar-refractivity contribution in [1.29, 1.82) is 0 Å². The number of nitrogens with one attached hydrogen (secondary N) is 1. The minimum Gasteiger partial charge on any atom is -0.367 e. The lowest BCUT2D eigenvalue weighted by Gasteiger charge is -2.19. The van der Waals surface area contributed by atoms with Crippen molar-refractivity contribution in [1.82, 2.24) is 9.97 Å². The Morgan fingerprint density at radius 1 is 0.960 bits per heavy atom. The van der Waals surface area contributed by atoms with Gasteiger partial charge in [0.15, 0.2) is 5.82 Å². The predicted molar refractivity (Wildman–Crippen MR) is 107 cm³/mol. The molecule has 0 aliphatic carbocycles. The van der Waals surface area contributed by atoms with Crippen molar-refractivity contribution in [2.24, 2.45) is 0 Å². The van der Waals surface area contributed by atoms with E-state index < -0.39 is 0 Å². The highest BCUT2D eigenvalue weighted by atomic mass is 15.0. The van der Waals surface area contributed by atoms with E-state index in [4.69, 9.17) is 9.97 Å². The number of benzene rings is 2. The molecule has 0 radical (unpaired) electrons. The Balaban J connectivity index is 2.07. The van der Waals surface area contributed by atoms with Crippen LogP contribution in [0, 0.1) is 0 Å². The molecule has 130 valence electrons. The first kappa shape index (κ1) is 17.4. The third-order valence-corrected chi connectivity index (χ3v) is 4.61. The van der Waals surface area contributed by atoms with Gasteiger partial charge in [-0.1, -0.05) is 64.1 Å². The van der Waals surface area contributed by atoms with Gasteiger partial charge in [-0.3, -0.25) is 0 Å². The monoisotopic (exact) mass is 333 g/mol. The van der Waals surface area contributed by atoms with E-state index in [9.17, 15) is 0 Å². The molecule has 1 aromatic heterocycles. The smallest absolute Gasteiger partial charge is 0.162 e. The van der Waals surface area contributed by atoms with Crippen molar-refractivity contribution in [2.75, 3.05) is 5.32 Å². The molecule has 1 atom stereocenters. The van der Waals surface area contributed by atoms with Crippen molar-refractivity contribution >= 4 is 16.7 Å². The van der Waals surface area contributed by atoms with Gasteiger partial charge in [0.25, 0.3) is 0 Å². The molecule has 3 nitrogen and oxygen atoms in total. The Morgan fingerprint density at radius 2 is 1.64 bits per heavy atom. The molecule has 1 heterocycles. The van der Waals surface area contributed by atoms with Crippen molar-refractivity contribution in [3.63, 3.8) is 0 Å². The van der Waals surface area contributed by atoms with Gasteiger partial charge in [-0.2, -0.15) is 0 Å². The number of nitrogens with zero attached hydrogens (tertiary/aromatic N) is 2. The van der Waals surface area contributed by atoms with Crippen molar-refractivity contribution in [3.05, 3.63) is 54.1 Å². The lowest BCUT2D eigenvalue weighted by molar-refractivity contribution is 0.590. The third-order valence-electron chi connectivity index (χ3n) is 4.61. The van der Waals surface area contributed by atoms with Crippen LogP contribution in [-0.2, 0) is 5.41 Å². The summed E-state index contributed by atoms with van der Waals surface area (Å²) in [5, 5.41) is 4.60. The van der Waals surface area contributed by atoms with Crippen LogP contribution >= 0.6 is 0 Å². The van der Waals surface area contributed by atoms with Crippen LogP contribution in [0.3, 0.4) is 0 Å². The van der Waals surface area contributed by atoms with Crippen LogP contribution in [0.4, 0.5) is 5.82 Å².